The number of unbranched alkanes of at least 4 members (excludes halogenated alkanes) is 1. The van der Waals surface area contributed by atoms with Gasteiger partial charge in [-0.3, -0.25) is 4.79 Å². The SMILES string of the molecule is CCCCN(C)c1cc(C(=O)Nc2cccc(OC)c2)nc(C)n1. The number of rotatable bonds is 7. The zero-order valence-electron chi connectivity index (χ0n) is 14.7. The van der Waals surface area contributed by atoms with Gasteiger partial charge < -0.3 is 15.0 Å². The van der Waals surface area contributed by atoms with E-state index in [0.717, 1.165) is 25.2 Å². The summed E-state index contributed by atoms with van der Waals surface area (Å²) < 4.78 is 5.17. The maximum atomic E-state index is 12.5. The van der Waals surface area contributed by atoms with Crippen molar-refractivity contribution in [1.29, 1.82) is 0 Å². The number of amides is 1. The number of nitrogens with zero attached hydrogens (tertiary/aromatic N) is 3. The van der Waals surface area contributed by atoms with Crippen LogP contribution in [-0.4, -0.2) is 36.6 Å². The molecule has 0 unspecified atom stereocenters. The number of carbonyl (C=O) groups excluding carboxylic acids is 1. The van der Waals surface area contributed by atoms with Crippen molar-refractivity contribution in [3.63, 3.8) is 0 Å². The summed E-state index contributed by atoms with van der Waals surface area (Å²) in [5, 5.41) is 2.84. The molecular weight excluding hydrogens is 304 g/mol. The van der Waals surface area contributed by atoms with Crippen LogP contribution >= 0.6 is 0 Å². The normalized spacial score (nSPS) is 10.3. The average molecular weight is 328 g/mol. The summed E-state index contributed by atoms with van der Waals surface area (Å²) in [4.78, 5) is 23.2. The molecule has 128 valence electrons. The van der Waals surface area contributed by atoms with Gasteiger partial charge in [0.2, 0.25) is 0 Å². The topological polar surface area (TPSA) is 67.4 Å². The van der Waals surface area contributed by atoms with E-state index in [0.29, 0.717) is 23.0 Å². The predicted octanol–water partition coefficient (Wildman–Crippen LogP) is 3.28. The Kier molecular flexibility index (Phi) is 6.12. The third-order valence-corrected chi connectivity index (χ3v) is 3.62. The molecule has 1 aromatic carbocycles. The van der Waals surface area contributed by atoms with Crippen molar-refractivity contribution in [3.8, 4) is 5.75 Å². The highest BCUT2D eigenvalue weighted by Crippen LogP contribution is 2.18. The maximum absolute atomic E-state index is 12.5. The van der Waals surface area contributed by atoms with Crippen LogP contribution in [0.5, 0.6) is 5.75 Å². The number of benzene rings is 1. The molecule has 0 saturated heterocycles. The number of carbonyl (C=O) groups is 1. The Balaban J connectivity index is 2.17. The average Bonchev–Trinajstić information content (AvgIpc) is 2.59. The number of methoxy groups -OCH3 is 1. The minimum absolute atomic E-state index is 0.265. The van der Waals surface area contributed by atoms with Crippen LogP contribution in [0.1, 0.15) is 36.1 Å². The van der Waals surface area contributed by atoms with E-state index in [1.165, 1.54) is 0 Å². The molecule has 0 aliphatic heterocycles. The minimum Gasteiger partial charge on any atom is -0.497 e. The van der Waals surface area contributed by atoms with Crippen molar-refractivity contribution < 1.29 is 9.53 Å². The molecule has 1 N–H and O–H groups in total. The second-order valence-electron chi connectivity index (χ2n) is 5.62. The summed E-state index contributed by atoms with van der Waals surface area (Å²) in [7, 11) is 3.56. The third kappa shape index (κ3) is 4.68. The van der Waals surface area contributed by atoms with Crippen molar-refractivity contribution in [2.75, 3.05) is 30.9 Å². The van der Waals surface area contributed by atoms with Crippen LogP contribution in [0.15, 0.2) is 30.3 Å². The monoisotopic (exact) mass is 328 g/mol. The number of aryl methyl sites for hydroxylation is 1. The Bertz CT molecular complexity index is 703. The van der Waals surface area contributed by atoms with Crippen LogP contribution in [0.2, 0.25) is 0 Å². The fourth-order valence-electron chi connectivity index (χ4n) is 2.27. The molecule has 0 aliphatic rings. The van der Waals surface area contributed by atoms with Crippen LogP contribution in [0.3, 0.4) is 0 Å². The smallest absolute Gasteiger partial charge is 0.274 e. The van der Waals surface area contributed by atoms with E-state index >= 15 is 0 Å². The van der Waals surface area contributed by atoms with Gasteiger partial charge in [0.05, 0.1) is 7.11 Å². The molecule has 0 saturated carbocycles. The highest BCUT2D eigenvalue weighted by atomic mass is 16.5. The van der Waals surface area contributed by atoms with Gasteiger partial charge in [-0.2, -0.15) is 0 Å². The van der Waals surface area contributed by atoms with Gasteiger partial charge in [0, 0.05) is 31.4 Å². The first-order valence-corrected chi connectivity index (χ1v) is 8.05. The number of hydrogen-bond acceptors (Lipinski definition) is 5. The predicted molar refractivity (Wildman–Crippen MR) is 95.9 cm³/mol. The number of anilines is 2. The highest BCUT2D eigenvalue weighted by molar-refractivity contribution is 6.03. The Hall–Kier alpha value is -2.63. The third-order valence-electron chi connectivity index (χ3n) is 3.62. The quantitative estimate of drug-likeness (QED) is 0.845. The molecule has 0 bridgehead atoms. The molecule has 0 spiro atoms. The molecular formula is C18H24N4O2. The Morgan fingerprint density at radius 3 is 2.79 bits per heavy atom. The number of aromatic nitrogens is 2. The van der Waals surface area contributed by atoms with Crippen LogP contribution in [0.4, 0.5) is 11.5 Å². The summed E-state index contributed by atoms with van der Waals surface area (Å²) in [5.41, 5.74) is 1.01. The van der Waals surface area contributed by atoms with Crippen molar-refractivity contribution in [2.24, 2.45) is 0 Å². The van der Waals surface area contributed by atoms with E-state index in [1.54, 1.807) is 26.2 Å². The van der Waals surface area contributed by atoms with Gasteiger partial charge in [-0.15, -0.1) is 0 Å². The lowest BCUT2D eigenvalue weighted by Gasteiger charge is -2.18. The van der Waals surface area contributed by atoms with E-state index in [9.17, 15) is 4.79 Å². The summed E-state index contributed by atoms with van der Waals surface area (Å²) in [6.45, 7) is 4.83. The lowest BCUT2D eigenvalue weighted by molar-refractivity contribution is 0.102. The Morgan fingerprint density at radius 1 is 1.29 bits per heavy atom. The van der Waals surface area contributed by atoms with Gasteiger partial charge in [0.25, 0.3) is 5.91 Å². The first-order chi connectivity index (χ1) is 11.5. The van der Waals surface area contributed by atoms with Crippen molar-refractivity contribution in [1.82, 2.24) is 9.97 Å². The molecule has 6 heteroatoms. The summed E-state index contributed by atoms with van der Waals surface area (Å²) in [6, 6.07) is 8.94. The lowest BCUT2D eigenvalue weighted by atomic mass is 10.2. The van der Waals surface area contributed by atoms with Crippen molar-refractivity contribution >= 4 is 17.4 Å². The van der Waals surface area contributed by atoms with E-state index in [-0.39, 0.29) is 5.91 Å². The zero-order chi connectivity index (χ0) is 17.5. The molecule has 0 fully saturated rings. The van der Waals surface area contributed by atoms with E-state index in [1.807, 2.05) is 30.1 Å². The fraction of sp³-hybridized carbons (Fsp3) is 0.389. The molecule has 2 rings (SSSR count). The van der Waals surface area contributed by atoms with Crippen LogP contribution < -0.4 is 15.0 Å². The van der Waals surface area contributed by atoms with Crippen LogP contribution in [0.25, 0.3) is 0 Å². The van der Waals surface area contributed by atoms with Gasteiger partial charge >= 0.3 is 0 Å². The first kappa shape index (κ1) is 17.7. The Morgan fingerprint density at radius 2 is 2.08 bits per heavy atom. The number of nitrogens with one attached hydrogen (secondary N) is 1. The summed E-state index contributed by atoms with van der Waals surface area (Å²) >= 11 is 0. The molecule has 2 aromatic rings. The van der Waals surface area contributed by atoms with Gasteiger partial charge in [-0.05, 0) is 25.5 Å². The molecule has 0 aliphatic carbocycles. The van der Waals surface area contributed by atoms with Crippen molar-refractivity contribution in [2.45, 2.75) is 26.7 Å². The maximum Gasteiger partial charge on any atom is 0.274 e. The fourth-order valence-corrected chi connectivity index (χ4v) is 2.27. The molecule has 6 nitrogen and oxygen atoms in total. The van der Waals surface area contributed by atoms with Gasteiger partial charge in [0.15, 0.2) is 0 Å². The lowest BCUT2D eigenvalue weighted by Crippen LogP contribution is -2.22. The zero-order valence-corrected chi connectivity index (χ0v) is 14.7. The van der Waals surface area contributed by atoms with Crippen LogP contribution in [0, 0.1) is 6.92 Å². The standard InChI is InChI=1S/C18H24N4O2/c1-5-6-10-22(3)17-12-16(19-13(2)20-17)18(23)21-14-8-7-9-15(11-14)24-4/h7-9,11-12H,5-6,10H2,1-4H3,(H,21,23). The first-order valence-electron chi connectivity index (χ1n) is 8.05. The Labute approximate surface area is 142 Å². The highest BCUT2D eigenvalue weighted by Gasteiger charge is 2.13. The molecule has 24 heavy (non-hydrogen) atoms. The van der Waals surface area contributed by atoms with Gasteiger partial charge in [-0.25, -0.2) is 9.97 Å². The number of ether oxygens (including phenoxy) is 1. The summed E-state index contributed by atoms with van der Waals surface area (Å²) in [6.07, 6.45) is 2.18. The largest absolute Gasteiger partial charge is 0.497 e. The van der Waals surface area contributed by atoms with E-state index < -0.39 is 0 Å². The molecule has 1 heterocycles. The van der Waals surface area contributed by atoms with E-state index in [4.69, 9.17) is 4.74 Å². The van der Waals surface area contributed by atoms with Gasteiger partial charge in [0.1, 0.15) is 23.1 Å². The van der Waals surface area contributed by atoms with Crippen LogP contribution in [-0.2, 0) is 0 Å². The molecule has 1 aromatic heterocycles. The molecule has 1 amide bonds. The second kappa shape index (κ2) is 8.29. The molecule has 0 radical (unpaired) electrons. The van der Waals surface area contributed by atoms with Gasteiger partial charge in [-0.1, -0.05) is 19.4 Å². The summed E-state index contributed by atoms with van der Waals surface area (Å²) in [5.74, 6) is 1.75. The van der Waals surface area contributed by atoms with E-state index in [2.05, 4.69) is 22.2 Å². The van der Waals surface area contributed by atoms with Crippen molar-refractivity contribution in [3.05, 3.63) is 41.9 Å². The molecule has 0 atom stereocenters. The second-order valence-corrected chi connectivity index (χ2v) is 5.62. The minimum atomic E-state index is -0.265. The number of hydrogen-bond donors (Lipinski definition) is 1.